The van der Waals surface area contributed by atoms with Gasteiger partial charge in [0, 0.05) is 11.8 Å². The quantitative estimate of drug-likeness (QED) is 0.468. The summed E-state index contributed by atoms with van der Waals surface area (Å²) in [6.07, 6.45) is -1.04. The molecule has 4 aromatic rings. The van der Waals surface area contributed by atoms with E-state index in [1.165, 1.54) is 6.92 Å². The topological polar surface area (TPSA) is 99.9 Å². The van der Waals surface area contributed by atoms with Crippen LogP contribution in [0.1, 0.15) is 17.3 Å². The smallest absolute Gasteiger partial charge is 0.339 e. The number of oxazole rings is 1. The maximum Gasteiger partial charge on any atom is 0.339 e. The molecule has 5 rings (SSSR count). The van der Waals surface area contributed by atoms with Crippen LogP contribution >= 0.6 is 0 Å². The molecule has 0 saturated carbocycles. The number of hydrogen-bond donors (Lipinski definition) is 1. The van der Waals surface area contributed by atoms with Crippen molar-refractivity contribution < 1.29 is 28.2 Å². The molecule has 0 saturated heterocycles. The maximum atomic E-state index is 12.9. The Kier molecular flexibility index (Phi) is 4.95. The fraction of sp³-hybridized carbons (Fsp3) is 0.125. The molecule has 0 fully saturated rings. The van der Waals surface area contributed by atoms with Crippen molar-refractivity contribution in [2.45, 2.75) is 13.0 Å². The monoisotopic (exact) mass is 430 g/mol. The van der Waals surface area contributed by atoms with Gasteiger partial charge in [-0.2, -0.15) is 0 Å². The van der Waals surface area contributed by atoms with E-state index in [1.807, 2.05) is 18.2 Å². The molecule has 0 bridgehead atoms. The van der Waals surface area contributed by atoms with E-state index in [0.717, 1.165) is 0 Å². The van der Waals surface area contributed by atoms with Crippen molar-refractivity contribution in [2.75, 3.05) is 12.1 Å². The highest BCUT2D eigenvalue weighted by molar-refractivity contribution is 6.00. The third kappa shape index (κ3) is 3.74. The lowest BCUT2D eigenvalue weighted by atomic mass is 10.1. The second kappa shape index (κ2) is 8.07. The van der Waals surface area contributed by atoms with Crippen LogP contribution in [-0.4, -0.2) is 29.8 Å². The van der Waals surface area contributed by atoms with Gasteiger partial charge in [-0.3, -0.25) is 4.79 Å². The summed E-state index contributed by atoms with van der Waals surface area (Å²) in [5.74, 6) is 0.321. The Morgan fingerprint density at radius 1 is 1.00 bits per heavy atom. The molecular weight excluding hydrogens is 412 g/mol. The number of fused-ring (bicyclic) bond motifs is 2. The van der Waals surface area contributed by atoms with Gasteiger partial charge in [0.2, 0.25) is 12.7 Å². The predicted octanol–water partition coefficient (Wildman–Crippen LogP) is 4.41. The van der Waals surface area contributed by atoms with E-state index in [0.29, 0.717) is 39.7 Å². The van der Waals surface area contributed by atoms with E-state index >= 15 is 0 Å². The van der Waals surface area contributed by atoms with Gasteiger partial charge in [-0.25, -0.2) is 9.78 Å². The van der Waals surface area contributed by atoms with Crippen molar-refractivity contribution in [3.63, 3.8) is 0 Å². The minimum atomic E-state index is -1.04. The second-order valence-corrected chi connectivity index (χ2v) is 7.14. The van der Waals surface area contributed by atoms with E-state index in [2.05, 4.69) is 10.3 Å². The van der Waals surface area contributed by atoms with Gasteiger partial charge in [0.05, 0.1) is 11.1 Å². The van der Waals surface area contributed by atoms with E-state index < -0.39 is 18.0 Å². The van der Waals surface area contributed by atoms with Crippen LogP contribution in [0.15, 0.2) is 71.1 Å². The van der Waals surface area contributed by atoms with Crippen LogP contribution < -0.4 is 14.8 Å². The van der Waals surface area contributed by atoms with Gasteiger partial charge < -0.3 is 23.9 Å². The minimum absolute atomic E-state index is 0.139. The number of nitrogens with one attached hydrogen (secondary N) is 1. The van der Waals surface area contributed by atoms with E-state index in [9.17, 15) is 9.59 Å². The molecule has 8 heteroatoms. The number of nitrogens with zero attached hydrogens (tertiary/aromatic N) is 1. The van der Waals surface area contributed by atoms with Crippen LogP contribution in [0, 0.1) is 0 Å². The lowest BCUT2D eigenvalue weighted by molar-refractivity contribution is -0.123. The molecule has 1 aliphatic rings. The molecular formula is C24H18N2O6. The highest BCUT2D eigenvalue weighted by Gasteiger charge is 2.23. The van der Waals surface area contributed by atoms with Crippen LogP contribution in [0.4, 0.5) is 5.69 Å². The van der Waals surface area contributed by atoms with Crippen LogP contribution in [-0.2, 0) is 9.53 Å². The zero-order valence-electron chi connectivity index (χ0n) is 17.0. The summed E-state index contributed by atoms with van der Waals surface area (Å²) in [6.45, 7) is 1.64. The third-order valence-corrected chi connectivity index (χ3v) is 4.96. The predicted molar refractivity (Wildman–Crippen MR) is 116 cm³/mol. The first kappa shape index (κ1) is 19.6. The first-order valence-corrected chi connectivity index (χ1v) is 9.95. The number of anilines is 1. The summed E-state index contributed by atoms with van der Waals surface area (Å²) in [5, 5.41) is 2.71. The number of ether oxygens (including phenoxy) is 3. The molecule has 1 atom stereocenters. The maximum absolute atomic E-state index is 12.9. The molecule has 160 valence electrons. The van der Waals surface area contributed by atoms with Crippen molar-refractivity contribution in [1.29, 1.82) is 0 Å². The van der Waals surface area contributed by atoms with Crippen LogP contribution in [0.3, 0.4) is 0 Å². The molecule has 1 aromatic heterocycles. The van der Waals surface area contributed by atoms with Crippen molar-refractivity contribution in [1.82, 2.24) is 4.98 Å². The van der Waals surface area contributed by atoms with Crippen molar-refractivity contribution >= 4 is 28.7 Å². The third-order valence-electron chi connectivity index (χ3n) is 4.96. The number of benzene rings is 3. The lowest BCUT2D eigenvalue weighted by Crippen LogP contribution is -2.30. The molecule has 0 radical (unpaired) electrons. The van der Waals surface area contributed by atoms with Gasteiger partial charge in [-0.15, -0.1) is 0 Å². The molecule has 1 N–H and O–H groups in total. The number of rotatable bonds is 5. The fourth-order valence-corrected chi connectivity index (χ4v) is 3.33. The zero-order valence-corrected chi connectivity index (χ0v) is 17.0. The summed E-state index contributed by atoms with van der Waals surface area (Å²) >= 11 is 0. The van der Waals surface area contributed by atoms with Crippen molar-refractivity contribution in [3.8, 4) is 23.0 Å². The number of carbonyl (C=O) groups excluding carboxylic acids is 2. The van der Waals surface area contributed by atoms with Gasteiger partial charge in [-0.1, -0.05) is 24.3 Å². The number of hydrogen-bond acceptors (Lipinski definition) is 7. The van der Waals surface area contributed by atoms with E-state index in [1.54, 1.807) is 48.5 Å². The largest absolute Gasteiger partial charge is 0.454 e. The van der Waals surface area contributed by atoms with Gasteiger partial charge in [0.25, 0.3) is 5.91 Å². The molecule has 1 unspecified atom stereocenters. The van der Waals surface area contributed by atoms with Crippen LogP contribution in [0.25, 0.3) is 22.6 Å². The van der Waals surface area contributed by atoms with Crippen molar-refractivity contribution in [2.24, 2.45) is 0 Å². The van der Waals surface area contributed by atoms with Crippen LogP contribution in [0.2, 0.25) is 0 Å². The Morgan fingerprint density at radius 2 is 1.78 bits per heavy atom. The molecule has 2 heterocycles. The Bertz CT molecular complexity index is 1300. The number of amides is 1. The van der Waals surface area contributed by atoms with Gasteiger partial charge >= 0.3 is 5.97 Å². The minimum Gasteiger partial charge on any atom is -0.454 e. The van der Waals surface area contributed by atoms with Gasteiger partial charge in [-0.05, 0) is 43.3 Å². The number of aromatic nitrogens is 1. The normalized spacial score (nSPS) is 13.0. The first-order valence-electron chi connectivity index (χ1n) is 9.95. The number of para-hydroxylation sites is 2. The average molecular weight is 430 g/mol. The SMILES string of the molecule is CC(OC(=O)c1ccccc1-c1nc2ccccc2o1)C(=O)Nc1ccc2c(c1)OCO2. The van der Waals surface area contributed by atoms with Gasteiger partial charge in [0.1, 0.15) is 5.52 Å². The van der Waals surface area contributed by atoms with Gasteiger partial charge in [0.15, 0.2) is 23.2 Å². The molecule has 0 spiro atoms. The Balaban J connectivity index is 1.32. The Hall–Kier alpha value is -4.33. The second-order valence-electron chi connectivity index (χ2n) is 7.14. The fourth-order valence-electron chi connectivity index (χ4n) is 3.33. The molecule has 1 amide bonds. The summed E-state index contributed by atoms with van der Waals surface area (Å²) < 4.78 is 21.8. The van der Waals surface area contributed by atoms with Crippen molar-refractivity contribution in [3.05, 3.63) is 72.3 Å². The summed E-state index contributed by atoms with van der Waals surface area (Å²) in [6, 6.07) is 19.2. The Morgan fingerprint density at radius 3 is 2.66 bits per heavy atom. The lowest BCUT2D eigenvalue weighted by Gasteiger charge is -2.14. The standard InChI is InChI=1S/C24H18N2O6/c1-14(22(27)25-15-10-11-20-21(12-15)30-13-29-20)31-24(28)17-7-3-2-6-16(17)23-26-18-8-4-5-9-19(18)32-23/h2-12,14H,13H2,1H3,(H,25,27). The van der Waals surface area contributed by atoms with Crippen LogP contribution in [0.5, 0.6) is 11.5 Å². The van der Waals surface area contributed by atoms with E-state index in [-0.39, 0.29) is 12.4 Å². The first-order chi connectivity index (χ1) is 15.6. The Labute approximate surface area is 182 Å². The summed E-state index contributed by atoms with van der Waals surface area (Å²) in [7, 11) is 0. The zero-order chi connectivity index (χ0) is 22.1. The number of esters is 1. The molecule has 3 aromatic carbocycles. The highest BCUT2D eigenvalue weighted by atomic mass is 16.7. The van der Waals surface area contributed by atoms with E-state index in [4.69, 9.17) is 18.6 Å². The molecule has 32 heavy (non-hydrogen) atoms. The highest BCUT2D eigenvalue weighted by Crippen LogP contribution is 2.34. The summed E-state index contributed by atoms with van der Waals surface area (Å²) in [5.41, 5.74) is 2.54. The summed E-state index contributed by atoms with van der Waals surface area (Å²) in [4.78, 5) is 29.9. The molecule has 8 nitrogen and oxygen atoms in total. The molecule has 1 aliphatic heterocycles. The molecule has 0 aliphatic carbocycles. The average Bonchev–Trinajstić information content (AvgIpc) is 3.45. The number of carbonyl (C=O) groups is 2.